The minimum atomic E-state index is -0.338. The van der Waals surface area contributed by atoms with E-state index in [1.54, 1.807) is 12.1 Å². The van der Waals surface area contributed by atoms with Gasteiger partial charge >= 0.3 is 0 Å². The number of carbonyl (C=O) groups excluding carboxylic acids is 2. The fourth-order valence-electron chi connectivity index (χ4n) is 2.35. The van der Waals surface area contributed by atoms with Crippen LogP contribution in [0, 0.1) is 11.7 Å². The Hall–Kier alpha value is -1.75. The molecule has 108 valence electrons. The van der Waals surface area contributed by atoms with Crippen molar-refractivity contribution in [3.05, 3.63) is 35.6 Å². The number of hydrogen-bond donors (Lipinski definition) is 0. The topological polar surface area (TPSA) is 46.6 Å². The number of rotatable bonds is 6. The predicted octanol–water partition coefficient (Wildman–Crippen LogP) is 1.78. The van der Waals surface area contributed by atoms with E-state index in [0.717, 1.165) is 5.56 Å². The van der Waals surface area contributed by atoms with E-state index >= 15 is 0 Å². The summed E-state index contributed by atoms with van der Waals surface area (Å²) in [4.78, 5) is 25.2. The average molecular weight is 279 g/mol. The van der Waals surface area contributed by atoms with Crippen molar-refractivity contribution < 1.29 is 18.7 Å². The number of hydrogen-bond acceptors (Lipinski definition) is 3. The molecule has 1 saturated heterocycles. The SMILES string of the molecule is CCOCCN1C(=O)CC(Cc2ccc(F)cc2)C1=O. The largest absolute Gasteiger partial charge is 0.380 e. The highest BCUT2D eigenvalue weighted by Gasteiger charge is 2.37. The van der Waals surface area contributed by atoms with E-state index < -0.39 is 0 Å². The summed E-state index contributed by atoms with van der Waals surface area (Å²) >= 11 is 0. The summed E-state index contributed by atoms with van der Waals surface area (Å²) in [7, 11) is 0. The number of nitrogens with zero attached hydrogens (tertiary/aromatic N) is 1. The molecule has 0 spiro atoms. The first kappa shape index (κ1) is 14.7. The van der Waals surface area contributed by atoms with Gasteiger partial charge in [-0.05, 0) is 31.0 Å². The average Bonchev–Trinajstić information content (AvgIpc) is 2.69. The number of ether oxygens (including phenoxy) is 1. The normalized spacial score (nSPS) is 18.9. The van der Waals surface area contributed by atoms with Crippen LogP contribution in [0.3, 0.4) is 0 Å². The molecule has 20 heavy (non-hydrogen) atoms. The minimum Gasteiger partial charge on any atom is -0.380 e. The van der Waals surface area contributed by atoms with Gasteiger partial charge < -0.3 is 4.74 Å². The van der Waals surface area contributed by atoms with Crippen molar-refractivity contribution in [3.63, 3.8) is 0 Å². The van der Waals surface area contributed by atoms with Crippen LogP contribution in [0.1, 0.15) is 18.9 Å². The Labute approximate surface area is 117 Å². The molecule has 1 aliphatic rings. The van der Waals surface area contributed by atoms with Gasteiger partial charge in [0, 0.05) is 13.0 Å². The van der Waals surface area contributed by atoms with Crippen molar-refractivity contribution in [1.82, 2.24) is 4.90 Å². The van der Waals surface area contributed by atoms with Crippen LogP contribution in [0.15, 0.2) is 24.3 Å². The Balaban J connectivity index is 1.95. The zero-order valence-electron chi connectivity index (χ0n) is 11.5. The van der Waals surface area contributed by atoms with Crippen LogP contribution < -0.4 is 0 Å². The van der Waals surface area contributed by atoms with Crippen LogP contribution in [-0.4, -0.2) is 36.5 Å². The van der Waals surface area contributed by atoms with Crippen LogP contribution in [0.4, 0.5) is 4.39 Å². The molecule has 0 aromatic heterocycles. The molecule has 0 aliphatic carbocycles. The van der Waals surface area contributed by atoms with Gasteiger partial charge in [0.15, 0.2) is 0 Å². The fourth-order valence-corrected chi connectivity index (χ4v) is 2.35. The maximum Gasteiger partial charge on any atom is 0.233 e. The summed E-state index contributed by atoms with van der Waals surface area (Å²) in [5, 5.41) is 0. The third-order valence-electron chi connectivity index (χ3n) is 3.40. The summed E-state index contributed by atoms with van der Waals surface area (Å²) in [6, 6.07) is 6.03. The van der Waals surface area contributed by atoms with Gasteiger partial charge in [-0.3, -0.25) is 14.5 Å². The van der Waals surface area contributed by atoms with Crippen LogP contribution in [-0.2, 0) is 20.7 Å². The van der Waals surface area contributed by atoms with Crippen molar-refractivity contribution in [2.45, 2.75) is 19.8 Å². The first-order chi connectivity index (χ1) is 9.61. The van der Waals surface area contributed by atoms with E-state index in [4.69, 9.17) is 4.74 Å². The molecule has 0 N–H and O–H groups in total. The second kappa shape index (κ2) is 6.61. The molecule has 4 nitrogen and oxygen atoms in total. The number of carbonyl (C=O) groups is 2. The zero-order chi connectivity index (χ0) is 14.5. The highest BCUT2D eigenvalue weighted by molar-refractivity contribution is 6.03. The van der Waals surface area contributed by atoms with Crippen molar-refractivity contribution in [3.8, 4) is 0 Å². The molecule has 1 fully saturated rings. The van der Waals surface area contributed by atoms with Crippen molar-refractivity contribution in [2.75, 3.05) is 19.8 Å². The van der Waals surface area contributed by atoms with E-state index in [-0.39, 0.29) is 30.0 Å². The molecule has 5 heteroatoms. The summed E-state index contributed by atoms with van der Waals surface area (Å²) in [5.41, 5.74) is 0.865. The van der Waals surface area contributed by atoms with Crippen molar-refractivity contribution in [1.29, 1.82) is 0 Å². The van der Waals surface area contributed by atoms with E-state index in [1.165, 1.54) is 17.0 Å². The number of imide groups is 1. The lowest BCUT2D eigenvalue weighted by atomic mass is 9.98. The van der Waals surface area contributed by atoms with E-state index in [0.29, 0.717) is 26.2 Å². The minimum absolute atomic E-state index is 0.151. The Kier molecular flexibility index (Phi) is 4.84. The van der Waals surface area contributed by atoms with Gasteiger partial charge in [-0.1, -0.05) is 12.1 Å². The van der Waals surface area contributed by atoms with Crippen LogP contribution in [0.25, 0.3) is 0 Å². The number of benzene rings is 1. The summed E-state index contributed by atoms with van der Waals surface area (Å²) in [6.07, 6.45) is 0.693. The number of likely N-dealkylation sites (tertiary alicyclic amines) is 1. The van der Waals surface area contributed by atoms with Crippen LogP contribution in [0.2, 0.25) is 0 Å². The Morgan fingerprint density at radius 2 is 2.00 bits per heavy atom. The maximum absolute atomic E-state index is 12.8. The second-order valence-electron chi connectivity index (χ2n) is 4.81. The van der Waals surface area contributed by atoms with E-state index in [2.05, 4.69) is 0 Å². The smallest absolute Gasteiger partial charge is 0.233 e. The van der Waals surface area contributed by atoms with Gasteiger partial charge in [-0.15, -0.1) is 0 Å². The van der Waals surface area contributed by atoms with Crippen LogP contribution in [0.5, 0.6) is 0 Å². The molecule has 2 amide bonds. The van der Waals surface area contributed by atoms with E-state index in [9.17, 15) is 14.0 Å². The molecule has 0 saturated carbocycles. The Morgan fingerprint density at radius 3 is 2.65 bits per heavy atom. The Bertz CT molecular complexity index is 486. The summed E-state index contributed by atoms with van der Waals surface area (Å²) in [5.74, 6) is -0.948. The van der Waals surface area contributed by atoms with Crippen LogP contribution >= 0.6 is 0 Å². The molecule has 2 rings (SSSR count). The molecule has 1 unspecified atom stereocenters. The molecule has 1 heterocycles. The first-order valence-corrected chi connectivity index (χ1v) is 6.78. The van der Waals surface area contributed by atoms with E-state index in [1.807, 2.05) is 6.92 Å². The highest BCUT2D eigenvalue weighted by atomic mass is 19.1. The third kappa shape index (κ3) is 3.42. The maximum atomic E-state index is 12.8. The Morgan fingerprint density at radius 1 is 1.30 bits per heavy atom. The van der Waals surface area contributed by atoms with Gasteiger partial charge in [-0.2, -0.15) is 0 Å². The van der Waals surface area contributed by atoms with Gasteiger partial charge in [-0.25, -0.2) is 4.39 Å². The van der Waals surface area contributed by atoms with Crippen molar-refractivity contribution in [2.24, 2.45) is 5.92 Å². The van der Waals surface area contributed by atoms with Gasteiger partial charge in [0.2, 0.25) is 11.8 Å². The molecule has 1 aromatic carbocycles. The number of amides is 2. The number of halogens is 1. The monoisotopic (exact) mass is 279 g/mol. The summed E-state index contributed by atoms with van der Waals surface area (Å²) < 4.78 is 18.0. The standard InChI is InChI=1S/C15H18FNO3/c1-2-20-8-7-17-14(18)10-12(15(17)19)9-11-3-5-13(16)6-4-11/h3-6,12H,2,7-10H2,1H3. The van der Waals surface area contributed by atoms with Gasteiger partial charge in [0.05, 0.1) is 19.1 Å². The molecule has 1 atom stereocenters. The lowest BCUT2D eigenvalue weighted by molar-refractivity contribution is -0.140. The molecule has 0 radical (unpaired) electrons. The molecular formula is C15H18FNO3. The quantitative estimate of drug-likeness (QED) is 0.589. The molecule has 1 aliphatic heterocycles. The molecule has 0 bridgehead atoms. The molecule has 1 aromatic rings. The fraction of sp³-hybridized carbons (Fsp3) is 0.467. The summed E-state index contributed by atoms with van der Waals surface area (Å²) in [6.45, 7) is 3.11. The van der Waals surface area contributed by atoms with Gasteiger partial charge in [0.25, 0.3) is 0 Å². The van der Waals surface area contributed by atoms with Crippen molar-refractivity contribution >= 4 is 11.8 Å². The predicted molar refractivity (Wildman–Crippen MR) is 71.4 cm³/mol. The first-order valence-electron chi connectivity index (χ1n) is 6.78. The second-order valence-corrected chi connectivity index (χ2v) is 4.81. The zero-order valence-corrected chi connectivity index (χ0v) is 11.5. The lowest BCUT2D eigenvalue weighted by Crippen LogP contribution is -2.34. The highest BCUT2D eigenvalue weighted by Crippen LogP contribution is 2.23. The molecular weight excluding hydrogens is 261 g/mol. The van der Waals surface area contributed by atoms with Gasteiger partial charge in [0.1, 0.15) is 5.82 Å². The lowest BCUT2D eigenvalue weighted by Gasteiger charge is -2.14. The third-order valence-corrected chi connectivity index (χ3v) is 3.40.